The monoisotopic (exact) mass is 290 g/mol. The molecule has 0 saturated carbocycles. The zero-order valence-corrected chi connectivity index (χ0v) is 9.96. The number of aryl methyl sites for hydroxylation is 1. The largest absolute Gasteiger partial charge is 0.368 e. The Morgan fingerprint density at radius 3 is 2.00 bits per heavy atom. The van der Waals surface area contributed by atoms with Crippen molar-refractivity contribution in [3.05, 3.63) is 46.5 Å². The quantitative estimate of drug-likeness (QED) is 0.399. The van der Waals surface area contributed by atoms with Gasteiger partial charge in [-0.2, -0.15) is 5.10 Å². The highest BCUT2D eigenvalue weighted by Gasteiger charge is 2.24. The van der Waals surface area contributed by atoms with Crippen molar-refractivity contribution in [1.82, 2.24) is 9.66 Å². The van der Waals surface area contributed by atoms with E-state index in [4.69, 9.17) is 5.73 Å². The van der Waals surface area contributed by atoms with E-state index in [-0.39, 0.29) is 5.95 Å². The van der Waals surface area contributed by atoms with Gasteiger partial charge in [0.2, 0.25) is 11.8 Å². The first-order valence-electron chi connectivity index (χ1n) is 5.20. The molecule has 9 heteroatoms. The number of halogens is 5. The molecule has 0 aliphatic rings. The van der Waals surface area contributed by atoms with Gasteiger partial charge in [-0.1, -0.05) is 0 Å². The number of nitrogen functional groups attached to an aromatic ring is 1. The second-order valence-electron chi connectivity index (χ2n) is 3.81. The average Bonchev–Trinajstić information content (AvgIpc) is 2.72. The van der Waals surface area contributed by atoms with Crippen LogP contribution in [0.5, 0.6) is 0 Å². The van der Waals surface area contributed by atoms with E-state index >= 15 is 0 Å². The molecule has 1 aromatic heterocycles. The Morgan fingerprint density at radius 2 is 1.55 bits per heavy atom. The summed E-state index contributed by atoms with van der Waals surface area (Å²) in [5.41, 5.74) is 4.72. The lowest BCUT2D eigenvalue weighted by Crippen LogP contribution is -2.07. The minimum atomic E-state index is -2.23. The second kappa shape index (κ2) is 4.91. The zero-order valence-electron chi connectivity index (χ0n) is 9.96. The third-order valence-electron chi connectivity index (χ3n) is 2.39. The first-order valence-corrected chi connectivity index (χ1v) is 5.20. The van der Waals surface area contributed by atoms with E-state index in [0.29, 0.717) is 11.9 Å². The molecule has 4 nitrogen and oxygen atoms in total. The van der Waals surface area contributed by atoms with E-state index in [1.165, 1.54) is 6.20 Å². The van der Waals surface area contributed by atoms with Crippen molar-refractivity contribution in [2.45, 2.75) is 6.92 Å². The fourth-order valence-electron chi connectivity index (χ4n) is 1.45. The number of nitrogens with zero attached hydrogens (tertiary/aromatic N) is 3. The van der Waals surface area contributed by atoms with Gasteiger partial charge in [0.25, 0.3) is 0 Å². The molecule has 0 radical (unpaired) electrons. The van der Waals surface area contributed by atoms with Crippen molar-refractivity contribution in [1.29, 1.82) is 0 Å². The van der Waals surface area contributed by atoms with Gasteiger partial charge in [-0.05, 0) is 6.92 Å². The van der Waals surface area contributed by atoms with Crippen LogP contribution < -0.4 is 5.73 Å². The van der Waals surface area contributed by atoms with Crippen molar-refractivity contribution in [2.75, 3.05) is 5.73 Å². The highest BCUT2D eigenvalue weighted by atomic mass is 19.2. The summed E-state index contributed by atoms with van der Waals surface area (Å²) >= 11 is 0. The van der Waals surface area contributed by atoms with Crippen LogP contribution in [0.1, 0.15) is 11.3 Å². The fraction of sp³-hybridized carbons (Fsp3) is 0.0909. The summed E-state index contributed by atoms with van der Waals surface area (Å²) in [5, 5.41) is 3.50. The molecule has 0 spiro atoms. The lowest BCUT2D eigenvalue weighted by Gasteiger charge is -2.03. The summed E-state index contributed by atoms with van der Waals surface area (Å²) in [6.07, 6.45) is 1.80. The van der Waals surface area contributed by atoms with Crippen LogP contribution in [0.4, 0.5) is 27.9 Å². The lowest BCUT2D eigenvalue weighted by atomic mass is 10.2. The SMILES string of the molecule is Cc1cn(N=Cc2c(F)c(F)c(F)c(F)c2F)c(N)n1. The Labute approximate surface area is 109 Å². The topological polar surface area (TPSA) is 56.2 Å². The van der Waals surface area contributed by atoms with Gasteiger partial charge in [0, 0.05) is 0 Å². The van der Waals surface area contributed by atoms with E-state index < -0.39 is 34.6 Å². The summed E-state index contributed by atoms with van der Waals surface area (Å²) in [7, 11) is 0. The fourth-order valence-corrected chi connectivity index (χ4v) is 1.45. The molecule has 0 atom stereocenters. The van der Waals surface area contributed by atoms with Crippen molar-refractivity contribution < 1.29 is 22.0 Å². The van der Waals surface area contributed by atoms with Crippen LogP contribution >= 0.6 is 0 Å². The number of hydrogen-bond acceptors (Lipinski definition) is 3. The maximum atomic E-state index is 13.3. The second-order valence-corrected chi connectivity index (χ2v) is 3.81. The first-order chi connectivity index (χ1) is 9.32. The standard InChI is InChI=1S/C11H7F5N4/c1-4-3-20(11(17)19-4)18-2-5-6(12)8(14)10(16)9(15)7(5)13/h2-3H,1H3,(H2,17,19). The Bertz CT molecular complexity index is 678. The van der Waals surface area contributed by atoms with Crippen LogP contribution in [0.3, 0.4) is 0 Å². The molecular formula is C11H7F5N4. The Balaban J connectivity index is 2.52. The summed E-state index contributed by atoms with van der Waals surface area (Å²) < 4.78 is 66.3. The van der Waals surface area contributed by atoms with Crippen LogP contribution in [0.25, 0.3) is 0 Å². The summed E-state index contributed by atoms with van der Waals surface area (Å²) in [5.74, 6) is -10.3. The van der Waals surface area contributed by atoms with E-state index in [1.54, 1.807) is 6.92 Å². The molecule has 0 aliphatic heterocycles. The number of benzene rings is 1. The third kappa shape index (κ3) is 2.22. The highest BCUT2D eigenvalue weighted by Crippen LogP contribution is 2.21. The molecule has 2 rings (SSSR count). The number of anilines is 1. The van der Waals surface area contributed by atoms with Crippen LogP contribution in [-0.2, 0) is 0 Å². The van der Waals surface area contributed by atoms with Gasteiger partial charge in [0.15, 0.2) is 23.3 Å². The molecule has 0 unspecified atom stereocenters. The molecule has 106 valence electrons. The highest BCUT2D eigenvalue weighted by molar-refractivity contribution is 5.80. The summed E-state index contributed by atoms with van der Waals surface area (Å²) in [6.45, 7) is 1.58. The molecule has 0 fully saturated rings. The van der Waals surface area contributed by atoms with Gasteiger partial charge in [0.1, 0.15) is 0 Å². The number of imidazole rings is 1. The molecule has 0 aliphatic carbocycles. The van der Waals surface area contributed by atoms with Crippen molar-refractivity contribution in [3.8, 4) is 0 Å². The lowest BCUT2D eigenvalue weighted by molar-refractivity contribution is 0.377. The predicted octanol–water partition coefficient (Wildman–Crippen LogP) is 2.35. The maximum absolute atomic E-state index is 13.3. The molecule has 2 aromatic rings. The Hall–Kier alpha value is -2.45. The van der Waals surface area contributed by atoms with Crippen LogP contribution in [0.15, 0.2) is 11.3 Å². The molecular weight excluding hydrogens is 283 g/mol. The minimum absolute atomic E-state index is 0.0948. The van der Waals surface area contributed by atoms with Crippen molar-refractivity contribution in [3.63, 3.8) is 0 Å². The molecule has 0 amide bonds. The van der Waals surface area contributed by atoms with Gasteiger partial charge in [-0.15, -0.1) is 0 Å². The third-order valence-corrected chi connectivity index (χ3v) is 2.39. The maximum Gasteiger partial charge on any atom is 0.221 e. The predicted molar refractivity (Wildman–Crippen MR) is 60.6 cm³/mol. The smallest absolute Gasteiger partial charge is 0.221 e. The first kappa shape index (κ1) is 14.0. The van der Waals surface area contributed by atoms with Crippen LogP contribution in [-0.4, -0.2) is 15.9 Å². The van der Waals surface area contributed by atoms with Gasteiger partial charge in [-0.3, -0.25) is 0 Å². The molecule has 2 N–H and O–H groups in total. The average molecular weight is 290 g/mol. The van der Waals surface area contributed by atoms with Gasteiger partial charge >= 0.3 is 0 Å². The van der Waals surface area contributed by atoms with Crippen LogP contribution in [0.2, 0.25) is 0 Å². The molecule has 1 heterocycles. The van der Waals surface area contributed by atoms with Crippen molar-refractivity contribution in [2.24, 2.45) is 5.10 Å². The summed E-state index contributed by atoms with van der Waals surface area (Å²) in [4.78, 5) is 3.75. The van der Waals surface area contributed by atoms with Gasteiger partial charge < -0.3 is 5.73 Å². The number of rotatable bonds is 2. The van der Waals surface area contributed by atoms with E-state index in [0.717, 1.165) is 4.68 Å². The molecule has 0 saturated heterocycles. The molecule has 20 heavy (non-hydrogen) atoms. The minimum Gasteiger partial charge on any atom is -0.368 e. The number of hydrogen-bond donors (Lipinski definition) is 1. The Kier molecular flexibility index (Phi) is 3.43. The summed E-state index contributed by atoms with van der Waals surface area (Å²) in [6, 6.07) is 0. The molecule has 1 aromatic carbocycles. The zero-order chi connectivity index (χ0) is 15.0. The van der Waals surface area contributed by atoms with Gasteiger partial charge in [-0.25, -0.2) is 31.6 Å². The number of aromatic nitrogens is 2. The van der Waals surface area contributed by atoms with E-state index in [1.807, 2.05) is 0 Å². The Morgan fingerprint density at radius 1 is 1.05 bits per heavy atom. The van der Waals surface area contributed by atoms with E-state index in [2.05, 4.69) is 10.1 Å². The molecule has 0 bridgehead atoms. The number of nitrogens with two attached hydrogens (primary N) is 1. The van der Waals surface area contributed by atoms with Gasteiger partial charge in [0.05, 0.1) is 23.7 Å². The van der Waals surface area contributed by atoms with Crippen LogP contribution in [0, 0.1) is 36.0 Å². The van der Waals surface area contributed by atoms with E-state index in [9.17, 15) is 22.0 Å². The van der Waals surface area contributed by atoms with Crippen molar-refractivity contribution >= 4 is 12.2 Å². The normalized spacial score (nSPS) is 11.5.